The van der Waals surface area contributed by atoms with Crippen molar-refractivity contribution < 1.29 is 0 Å². The Bertz CT molecular complexity index is 201. The molecule has 0 unspecified atom stereocenters. The Hall–Kier alpha value is 0.946. The highest BCUT2D eigenvalue weighted by atomic mass is 79.9. The summed E-state index contributed by atoms with van der Waals surface area (Å²) < 4.78 is 1.14. The van der Waals surface area contributed by atoms with E-state index < -0.39 is 0 Å². The Morgan fingerprint density at radius 1 is 1.30 bits per heavy atom. The van der Waals surface area contributed by atoms with Crippen LogP contribution in [0.15, 0.2) is 28.7 Å². The highest BCUT2D eigenvalue weighted by molar-refractivity contribution is 9.10. The Labute approximate surface area is 93.8 Å². The van der Waals surface area contributed by atoms with Crippen molar-refractivity contribution in [3.05, 3.63) is 34.3 Å². The number of alkyl halides is 1. The SMILES string of the molecule is BrCc1cccc(Br)c1.[Mg]. The molecule has 0 heterocycles. The molecular formula is C7H6Br2Mg. The molecule has 0 aliphatic heterocycles. The molecule has 3 heteroatoms. The zero-order valence-electron chi connectivity index (χ0n) is 5.48. The van der Waals surface area contributed by atoms with Crippen LogP contribution in [0.2, 0.25) is 0 Å². The van der Waals surface area contributed by atoms with Crippen LogP contribution in [-0.2, 0) is 5.33 Å². The van der Waals surface area contributed by atoms with Crippen molar-refractivity contribution in [2.75, 3.05) is 0 Å². The Morgan fingerprint density at radius 2 is 2.00 bits per heavy atom. The van der Waals surface area contributed by atoms with Gasteiger partial charge in [0.15, 0.2) is 0 Å². The number of halogens is 2. The van der Waals surface area contributed by atoms with Crippen LogP contribution in [0.5, 0.6) is 0 Å². The molecule has 0 nitrogen and oxygen atoms in total. The van der Waals surface area contributed by atoms with Crippen molar-refractivity contribution in [1.29, 1.82) is 0 Å². The Morgan fingerprint density at radius 3 is 2.40 bits per heavy atom. The first kappa shape index (κ1) is 10.9. The largest absolute Gasteiger partial charge is 0.0876 e. The third-order valence-corrected chi connectivity index (χ3v) is 2.18. The van der Waals surface area contributed by atoms with Crippen LogP contribution in [0.25, 0.3) is 0 Å². The monoisotopic (exact) mass is 272 g/mol. The predicted octanol–water partition coefficient (Wildman–Crippen LogP) is 2.96. The average Bonchev–Trinajstić information content (AvgIpc) is 1.88. The van der Waals surface area contributed by atoms with Crippen molar-refractivity contribution in [2.24, 2.45) is 0 Å². The summed E-state index contributed by atoms with van der Waals surface area (Å²) in [6.45, 7) is 0. The zero-order valence-corrected chi connectivity index (χ0v) is 10.1. The maximum absolute atomic E-state index is 3.38. The van der Waals surface area contributed by atoms with Crippen LogP contribution in [0, 0.1) is 0 Å². The van der Waals surface area contributed by atoms with E-state index in [1.54, 1.807) is 0 Å². The summed E-state index contributed by atoms with van der Waals surface area (Å²) in [6, 6.07) is 8.22. The Kier molecular flexibility index (Phi) is 6.11. The van der Waals surface area contributed by atoms with E-state index >= 15 is 0 Å². The van der Waals surface area contributed by atoms with E-state index in [9.17, 15) is 0 Å². The smallest absolute Gasteiger partial charge is 0.0283 e. The fourth-order valence-electron chi connectivity index (χ4n) is 0.620. The molecule has 0 fully saturated rings. The summed E-state index contributed by atoms with van der Waals surface area (Å²) >= 11 is 6.75. The molecule has 0 aromatic heterocycles. The summed E-state index contributed by atoms with van der Waals surface area (Å²) in [5.41, 5.74) is 1.30. The summed E-state index contributed by atoms with van der Waals surface area (Å²) in [4.78, 5) is 0. The second-order valence-electron chi connectivity index (χ2n) is 1.76. The van der Waals surface area contributed by atoms with E-state index in [-0.39, 0.29) is 23.1 Å². The van der Waals surface area contributed by atoms with Crippen LogP contribution in [0.1, 0.15) is 5.56 Å². The third-order valence-electron chi connectivity index (χ3n) is 1.04. The van der Waals surface area contributed by atoms with Gasteiger partial charge in [-0.3, -0.25) is 0 Å². The predicted molar refractivity (Wildman–Crippen MR) is 52.5 cm³/mol. The normalized spacial score (nSPS) is 8.60. The molecule has 0 atom stereocenters. The fourth-order valence-corrected chi connectivity index (χ4v) is 1.42. The maximum Gasteiger partial charge on any atom is 0.0283 e. The molecule has 2 radical (unpaired) electrons. The molecule has 0 N–H and O–H groups in total. The summed E-state index contributed by atoms with van der Waals surface area (Å²) in [5, 5.41) is 0.923. The first-order chi connectivity index (χ1) is 4.33. The molecule has 0 saturated heterocycles. The molecule has 1 aromatic rings. The molecule has 1 rings (SSSR count). The molecule has 1 aromatic carbocycles. The van der Waals surface area contributed by atoms with Gasteiger partial charge in [0, 0.05) is 32.9 Å². The van der Waals surface area contributed by atoms with Gasteiger partial charge < -0.3 is 0 Å². The molecular weight excluding hydrogens is 268 g/mol. The average molecular weight is 274 g/mol. The van der Waals surface area contributed by atoms with Crippen molar-refractivity contribution in [1.82, 2.24) is 0 Å². The first-order valence-corrected chi connectivity index (χ1v) is 4.55. The van der Waals surface area contributed by atoms with Gasteiger partial charge >= 0.3 is 0 Å². The van der Waals surface area contributed by atoms with Gasteiger partial charge in [-0.2, -0.15) is 0 Å². The number of rotatable bonds is 1. The van der Waals surface area contributed by atoms with Gasteiger partial charge in [0.05, 0.1) is 0 Å². The molecule has 0 aliphatic rings. The highest BCUT2D eigenvalue weighted by Gasteiger charge is 1.88. The lowest BCUT2D eigenvalue weighted by molar-refractivity contribution is 1.42. The van der Waals surface area contributed by atoms with Gasteiger partial charge in [0.25, 0.3) is 0 Å². The van der Waals surface area contributed by atoms with Crippen molar-refractivity contribution >= 4 is 54.9 Å². The minimum atomic E-state index is 0. The van der Waals surface area contributed by atoms with E-state index in [2.05, 4.69) is 44.0 Å². The van der Waals surface area contributed by atoms with Gasteiger partial charge in [-0.1, -0.05) is 44.0 Å². The molecule has 50 valence electrons. The lowest BCUT2D eigenvalue weighted by Crippen LogP contribution is -1.73. The van der Waals surface area contributed by atoms with Gasteiger partial charge in [0.1, 0.15) is 0 Å². The second-order valence-corrected chi connectivity index (χ2v) is 3.24. The molecule has 0 aliphatic carbocycles. The zero-order chi connectivity index (χ0) is 6.69. The van der Waals surface area contributed by atoms with Gasteiger partial charge in [-0.15, -0.1) is 0 Å². The van der Waals surface area contributed by atoms with Crippen LogP contribution < -0.4 is 0 Å². The second kappa shape index (κ2) is 5.58. The summed E-state index contributed by atoms with van der Waals surface area (Å²) in [6.07, 6.45) is 0. The van der Waals surface area contributed by atoms with Crippen molar-refractivity contribution in [2.45, 2.75) is 5.33 Å². The molecule has 10 heavy (non-hydrogen) atoms. The van der Waals surface area contributed by atoms with Gasteiger partial charge in [0.2, 0.25) is 0 Å². The van der Waals surface area contributed by atoms with Crippen LogP contribution in [0.3, 0.4) is 0 Å². The Balaban J connectivity index is 0.000000810. The van der Waals surface area contributed by atoms with Crippen molar-refractivity contribution in [3.8, 4) is 0 Å². The van der Waals surface area contributed by atoms with E-state index in [0.29, 0.717) is 0 Å². The molecule has 0 spiro atoms. The summed E-state index contributed by atoms with van der Waals surface area (Å²) in [7, 11) is 0. The van der Waals surface area contributed by atoms with E-state index in [1.165, 1.54) is 5.56 Å². The quantitative estimate of drug-likeness (QED) is 0.545. The lowest BCUT2D eigenvalue weighted by Gasteiger charge is -1.93. The number of hydrogen-bond donors (Lipinski definition) is 0. The topological polar surface area (TPSA) is 0 Å². The maximum atomic E-state index is 3.38. The molecule has 0 saturated carbocycles. The van der Waals surface area contributed by atoms with E-state index in [0.717, 1.165) is 9.80 Å². The number of hydrogen-bond acceptors (Lipinski definition) is 0. The molecule has 0 bridgehead atoms. The van der Waals surface area contributed by atoms with Crippen molar-refractivity contribution in [3.63, 3.8) is 0 Å². The van der Waals surface area contributed by atoms with E-state index in [4.69, 9.17) is 0 Å². The summed E-state index contributed by atoms with van der Waals surface area (Å²) in [5.74, 6) is 0. The number of benzene rings is 1. The third kappa shape index (κ3) is 3.37. The van der Waals surface area contributed by atoms with E-state index in [1.807, 2.05) is 12.1 Å². The van der Waals surface area contributed by atoms with Crippen LogP contribution in [0.4, 0.5) is 0 Å². The van der Waals surface area contributed by atoms with Gasteiger partial charge in [-0.05, 0) is 17.7 Å². The van der Waals surface area contributed by atoms with Crippen LogP contribution >= 0.6 is 31.9 Å². The van der Waals surface area contributed by atoms with Crippen LogP contribution in [-0.4, -0.2) is 23.1 Å². The first-order valence-electron chi connectivity index (χ1n) is 2.63. The standard InChI is InChI=1S/C7H6Br2.Mg/c8-5-6-2-1-3-7(9)4-6;/h1-4H,5H2;. The minimum absolute atomic E-state index is 0. The highest BCUT2D eigenvalue weighted by Crippen LogP contribution is 2.13. The molecule has 0 amide bonds. The van der Waals surface area contributed by atoms with Gasteiger partial charge in [-0.25, -0.2) is 0 Å². The fraction of sp³-hybridized carbons (Fsp3) is 0.143. The minimum Gasteiger partial charge on any atom is -0.0876 e. The lowest BCUT2D eigenvalue weighted by atomic mass is 10.2.